The molecule has 0 radical (unpaired) electrons. The van der Waals surface area contributed by atoms with Crippen LogP contribution in [0.1, 0.15) is 28.3 Å². The molecule has 3 aromatic rings. The molecule has 0 saturated carbocycles. The number of aromatic hydroxyl groups is 1. The number of phenolic OH excluding ortho intramolecular Hbond substituents is 1. The number of halogens is 2. The van der Waals surface area contributed by atoms with Crippen molar-refractivity contribution in [2.24, 2.45) is 0 Å². The van der Waals surface area contributed by atoms with Crippen molar-refractivity contribution in [2.45, 2.75) is 19.0 Å². The summed E-state index contributed by atoms with van der Waals surface area (Å²) in [6.45, 7) is 1.36. The van der Waals surface area contributed by atoms with Crippen LogP contribution in [0.15, 0.2) is 54.6 Å². The van der Waals surface area contributed by atoms with Crippen molar-refractivity contribution >= 4 is 23.2 Å². The van der Waals surface area contributed by atoms with Gasteiger partial charge in [-0.25, -0.2) is 0 Å². The molecule has 1 atom stereocenters. The van der Waals surface area contributed by atoms with E-state index in [0.29, 0.717) is 22.3 Å². The molecule has 0 fully saturated rings. The molecular weight excluding hydrogens is 421 g/mol. The van der Waals surface area contributed by atoms with Gasteiger partial charge in [0.25, 0.3) is 0 Å². The van der Waals surface area contributed by atoms with Gasteiger partial charge < -0.3 is 14.6 Å². The maximum absolute atomic E-state index is 10.4. The first-order valence-electron chi connectivity index (χ1n) is 9.72. The minimum atomic E-state index is -0.0503. The molecule has 0 saturated heterocycles. The second-order valence-electron chi connectivity index (χ2n) is 7.36. The molecule has 3 aromatic carbocycles. The highest BCUT2D eigenvalue weighted by atomic mass is 35.5. The summed E-state index contributed by atoms with van der Waals surface area (Å²) in [5, 5.41) is 11.7. The van der Waals surface area contributed by atoms with Crippen LogP contribution < -0.4 is 9.47 Å². The van der Waals surface area contributed by atoms with E-state index in [1.54, 1.807) is 26.4 Å². The van der Waals surface area contributed by atoms with Crippen LogP contribution in [0.5, 0.6) is 17.2 Å². The topological polar surface area (TPSA) is 41.9 Å². The number of hydrogen-bond acceptors (Lipinski definition) is 4. The highest BCUT2D eigenvalue weighted by Crippen LogP contribution is 2.42. The number of benzene rings is 3. The molecule has 1 N–H and O–H groups in total. The molecule has 0 aliphatic carbocycles. The van der Waals surface area contributed by atoms with Crippen molar-refractivity contribution in [1.82, 2.24) is 4.90 Å². The van der Waals surface area contributed by atoms with E-state index in [0.717, 1.165) is 35.4 Å². The van der Waals surface area contributed by atoms with Crippen LogP contribution in [0, 0.1) is 0 Å². The van der Waals surface area contributed by atoms with E-state index >= 15 is 0 Å². The zero-order valence-corrected chi connectivity index (χ0v) is 18.4. The number of phenols is 1. The molecule has 4 rings (SSSR count). The fraction of sp³-hybridized carbons (Fsp3) is 0.250. The minimum absolute atomic E-state index is 0.0503. The number of rotatable bonds is 5. The average molecular weight is 444 g/mol. The summed E-state index contributed by atoms with van der Waals surface area (Å²) in [6, 6.07) is 17.1. The zero-order chi connectivity index (χ0) is 21.3. The predicted octanol–water partition coefficient (Wildman–Crippen LogP) is 5.86. The van der Waals surface area contributed by atoms with E-state index in [4.69, 9.17) is 32.7 Å². The second kappa shape index (κ2) is 8.76. The van der Waals surface area contributed by atoms with Crippen LogP contribution in [0.2, 0.25) is 10.0 Å². The van der Waals surface area contributed by atoms with Crippen molar-refractivity contribution in [3.05, 3.63) is 86.9 Å². The largest absolute Gasteiger partial charge is 0.508 e. The first-order valence-corrected chi connectivity index (χ1v) is 10.5. The summed E-state index contributed by atoms with van der Waals surface area (Å²) >= 11 is 12.5. The van der Waals surface area contributed by atoms with Gasteiger partial charge in [-0.1, -0.05) is 35.3 Å². The van der Waals surface area contributed by atoms with Crippen LogP contribution in [-0.2, 0) is 13.0 Å². The first-order chi connectivity index (χ1) is 14.5. The first kappa shape index (κ1) is 20.9. The molecule has 6 heteroatoms. The molecule has 1 aliphatic rings. The minimum Gasteiger partial charge on any atom is -0.508 e. The van der Waals surface area contributed by atoms with E-state index in [2.05, 4.69) is 17.0 Å². The Morgan fingerprint density at radius 1 is 0.967 bits per heavy atom. The van der Waals surface area contributed by atoms with Crippen LogP contribution in [0.4, 0.5) is 0 Å². The third-order valence-corrected chi connectivity index (χ3v) is 6.02. The van der Waals surface area contributed by atoms with Gasteiger partial charge in [0.05, 0.1) is 20.3 Å². The lowest BCUT2D eigenvalue weighted by molar-refractivity contribution is 0.201. The summed E-state index contributed by atoms with van der Waals surface area (Å²) in [5.74, 6) is 1.65. The standard InChI is InChI=1S/C24H23Cl2NO3/c1-29-22-12-15-8-9-27(14-17-11-19(26)6-7-21(17)28)24(20(15)13-23(22)30-2)16-4-3-5-18(25)10-16/h3-7,10-13,24,28H,8-9,14H2,1-2H3/t24-/m1/s1. The summed E-state index contributed by atoms with van der Waals surface area (Å²) < 4.78 is 11.1. The summed E-state index contributed by atoms with van der Waals surface area (Å²) in [7, 11) is 3.29. The molecule has 4 nitrogen and oxygen atoms in total. The monoisotopic (exact) mass is 443 g/mol. The predicted molar refractivity (Wildman–Crippen MR) is 120 cm³/mol. The summed E-state index contributed by atoms with van der Waals surface area (Å²) in [6.07, 6.45) is 0.855. The van der Waals surface area contributed by atoms with Crippen molar-refractivity contribution in [2.75, 3.05) is 20.8 Å². The Balaban J connectivity index is 1.82. The molecule has 0 bridgehead atoms. The number of fused-ring (bicyclic) bond motifs is 1. The maximum atomic E-state index is 10.4. The van der Waals surface area contributed by atoms with Gasteiger partial charge in [-0.05, 0) is 65.6 Å². The van der Waals surface area contributed by atoms with E-state index in [-0.39, 0.29) is 11.8 Å². The Morgan fingerprint density at radius 3 is 2.43 bits per heavy atom. The molecule has 0 amide bonds. The fourth-order valence-electron chi connectivity index (χ4n) is 4.13. The van der Waals surface area contributed by atoms with Crippen LogP contribution in [-0.4, -0.2) is 30.8 Å². The Morgan fingerprint density at radius 2 is 1.70 bits per heavy atom. The highest BCUT2D eigenvalue weighted by molar-refractivity contribution is 6.30. The van der Waals surface area contributed by atoms with Gasteiger partial charge in [-0.3, -0.25) is 4.90 Å². The van der Waals surface area contributed by atoms with Crippen LogP contribution >= 0.6 is 23.2 Å². The summed E-state index contributed by atoms with van der Waals surface area (Å²) in [4.78, 5) is 2.32. The van der Waals surface area contributed by atoms with Crippen molar-refractivity contribution in [3.8, 4) is 17.2 Å². The highest BCUT2D eigenvalue weighted by Gasteiger charge is 2.31. The van der Waals surface area contributed by atoms with Gasteiger partial charge >= 0.3 is 0 Å². The number of ether oxygens (including phenoxy) is 2. The Kier molecular flexibility index (Phi) is 6.09. The van der Waals surface area contributed by atoms with Crippen molar-refractivity contribution in [1.29, 1.82) is 0 Å². The Bertz CT molecular complexity index is 1070. The molecular formula is C24H23Cl2NO3. The quantitative estimate of drug-likeness (QED) is 0.535. The molecule has 1 heterocycles. The molecule has 30 heavy (non-hydrogen) atoms. The average Bonchev–Trinajstić information content (AvgIpc) is 2.75. The SMILES string of the molecule is COc1cc2c(cc1OC)[C@@H](c1cccc(Cl)c1)N(Cc1cc(Cl)ccc1O)CC2. The Labute approximate surface area is 186 Å². The number of methoxy groups -OCH3 is 2. The van der Waals surface area contributed by atoms with E-state index < -0.39 is 0 Å². The second-order valence-corrected chi connectivity index (χ2v) is 8.23. The third-order valence-electron chi connectivity index (χ3n) is 5.55. The lowest BCUT2D eigenvalue weighted by atomic mass is 9.87. The molecule has 0 unspecified atom stereocenters. The lowest BCUT2D eigenvalue weighted by Crippen LogP contribution is -2.35. The van der Waals surface area contributed by atoms with E-state index in [1.165, 1.54) is 5.56 Å². The van der Waals surface area contributed by atoms with Gasteiger partial charge in [-0.2, -0.15) is 0 Å². The molecule has 156 valence electrons. The molecule has 1 aliphatic heterocycles. The number of hydrogen-bond donors (Lipinski definition) is 1. The van der Waals surface area contributed by atoms with Gasteiger partial charge in [0, 0.05) is 28.7 Å². The van der Waals surface area contributed by atoms with Gasteiger partial charge in [0.2, 0.25) is 0 Å². The fourth-order valence-corrected chi connectivity index (χ4v) is 4.53. The van der Waals surface area contributed by atoms with Gasteiger partial charge in [0.1, 0.15) is 5.75 Å². The maximum Gasteiger partial charge on any atom is 0.161 e. The van der Waals surface area contributed by atoms with Crippen molar-refractivity contribution in [3.63, 3.8) is 0 Å². The smallest absolute Gasteiger partial charge is 0.161 e. The normalized spacial score (nSPS) is 16.2. The lowest BCUT2D eigenvalue weighted by Gasteiger charge is -2.38. The van der Waals surface area contributed by atoms with E-state index in [9.17, 15) is 5.11 Å². The molecule has 0 aromatic heterocycles. The Hall–Kier alpha value is -2.40. The van der Waals surface area contributed by atoms with Crippen molar-refractivity contribution < 1.29 is 14.6 Å². The van der Waals surface area contributed by atoms with Crippen LogP contribution in [0.3, 0.4) is 0 Å². The zero-order valence-electron chi connectivity index (χ0n) is 16.9. The van der Waals surface area contributed by atoms with Gasteiger partial charge in [0.15, 0.2) is 11.5 Å². The molecule has 0 spiro atoms. The van der Waals surface area contributed by atoms with Gasteiger partial charge in [-0.15, -0.1) is 0 Å². The van der Waals surface area contributed by atoms with E-state index in [1.807, 2.05) is 30.3 Å². The van der Waals surface area contributed by atoms with Crippen LogP contribution in [0.25, 0.3) is 0 Å². The third kappa shape index (κ3) is 4.08. The number of nitrogens with zero attached hydrogens (tertiary/aromatic N) is 1. The summed E-state index contributed by atoms with van der Waals surface area (Å²) in [5.41, 5.74) is 4.22.